The van der Waals surface area contributed by atoms with Crippen molar-refractivity contribution in [2.24, 2.45) is 11.3 Å². The molecule has 1 spiro atoms. The number of carbonyl (C=O) groups excluding carboxylic acids is 2. The molecule has 0 saturated carbocycles. The van der Waals surface area contributed by atoms with E-state index >= 15 is 0 Å². The lowest BCUT2D eigenvalue weighted by Gasteiger charge is -2.48. The molecule has 136 valence electrons. The van der Waals surface area contributed by atoms with Crippen LogP contribution in [0.5, 0.6) is 0 Å². The molecule has 3 saturated heterocycles. The highest BCUT2D eigenvalue weighted by Crippen LogP contribution is 2.38. The molecule has 3 fully saturated rings. The molecule has 3 aliphatic rings. The lowest BCUT2D eigenvalue weighted by atomic mass is 9.71. The Labute approximate surface area is 144 Å². The van der Waals surface area contributed by atoms with Gasteiger partial charge in [0.15, 0.2) is 0 Å². The molecular formula is C18H31N3O3. The standard InChI is InChI=1S/C18H31N3O3/c1-13(2)20-9-4-14(5-10-20)16(23)21-11-6-15(22)18(12-21)7-3-8-19-17(18)24/h13-15,22H,3-12H2,1-2H3,(H,19,24)/t15-,18+/m0/s1. The predicted molar refractivity (Wildman–Crippen MR) is 91.3 cm³/mol. The van der Waals surface area contributed by atoms with Gasteiger partial charge in [-0.1, -0.05) is 0 Å². The summed E-state index contributed by atoms with van der Waals surface area (Å²) in [6, 6.07) is 0.528. The summed E-state index contributed by atoms with van der Waals surface area (Å²) in [6.07, 6.45) is 3.21. The lowest BCUT2D eigenvalue weighted by Crippen LogP contribution is -2.62. The first kappa shape index (κ1) is 17.7. The normalized spacial score (nSPS) is 33.1. The van der Waals surface area contributed by atoms with Crippen LogP contribution in [0.1, 0.15) is 46.0 Å². The van der Waals surface area contributed by atoms with Gasteiger partial charge in [0, 0.05) is 31.6 Å². The van der Waals surface area contributed by atoms with Crippen molar-refractivity contribution in [2.45, 2.75) is 58.1 Å². The van der Waals surface area contributed by atoms with Crippen molar-refractivity contribution in [3.8, 4) is 0 Å². The molecule has 0 unspecified atom stereocenters. The van der Waals surface area contributed by atoms with Gasteiger partial charge in [-0.15, -0.1) is 0 Å². The summed E-state index contributed by atoms with van der Waals surface area (Å²) >= 11 is 0. The Morgan fingerprint density at radius 1 is 1.25 bits per heavy atom. The van der Waals surface area contributed by atoms with E-state index in [2.05, 4.69) is 24.1 Å². The van der Waals surface area contributed by atoms with Crippen molar-refractivity contribution in [3.63, 3.8) is 0 Å². The van der Waals surface area contributed by atoms with Crippen LogP contribution in [0.3, 0.4) is 0 Å². The zero-order valence-electron chi connectivity index (χ0n) is 15.0. The molecule has 0 radical (unpaired) electrons. The summed E-state index contributed by atoms with van der Waals surface area (Å²) in [5.41, 5.74) is -0.787. The topological polar surface area (TPSA) is 72.9 Å². The monoisotopic (exact) mass is 337 g/mol. The summed E-state index contributed by atoms with van der Waals surface area (Å²) in [5.74, 6) is 0.176. The van der Waals surface area contributed by atoms with Gasteiger partial charge in [0.25, 0.3) is 0 Å². The highest BCUT2D eigenvalue weighted by atomic mass is 16.3. The minimum Gasteiger partial charge on any atom is -0.392 e. The highest BCUT2D eigenvalue weighted by molar-refractivity contribution is 5.86. The van der Waals surface area contributed by atoms with Crippen molar-refractivity contribution in [2.75, 3.05) is 32.7 Å². The lowest BCUT2D eigenvalue weighted by molar-refractivity contribution is -0.157. The number of carbonyl (C=O) groups is 2. The van der Waals surface area contributed by atoms with Gasteiger partial charge in [-0.05, 0) is 59.0 Å². The number of amides is 2. The summed E-state index contributed by atoms with van der Waals surface area (Å²) in [7, 11) is 0. The van der Waals surface area contributed by atoms with Crippen molar-refractivity contribution >= 4 is 11.8 Å². The van der Waals surface area contributed by atoms with Crippen molar-refractivity contribution in [3.05, 3.63) is 0 Å². The molecule has 3 rings (SSSR count). The summed E-state index contributed by atoms with van der Waals surface area (Å²) in [5, 5.41) is 13.3. The summed E-state index contributed by atoms with van der Waals surface area (Å²) in [4.78, 5) is 29.7. The minimum absolute atomic E-state index is 0.0685. The molecule has 0 aromatic rings. The molecule has 0 aliphatic carbocycles. The van der Waals surface area contributed by atoms with E-state index in [0.717, 1.165) is 32.4 Å². The first-order valence-corrected chi connectivity index (χ1v) is 9.43. The number of nitrogens with one attached hydrogen (secondary N) is 1. The van der Waals surface area contributed by atoms with Gasteiger partial charge in [-0.3, -0.25) is 9.59 Å². The second kappa shape index (κ2) is 7.00. The third-order valence-corrected chi connectivity index (χ3v) is 6.24. The molecule has 6 heteroatoms. The first-order chi connectivity index (χ1) is 11.4. The van der Waals surface area contributed by atoms with Crippen LogP contribution in [0.4, 0.5) is 0 Å². The van der Waals surface area contributed by atoms with Crippen molar-refractivity contribution in [1.29, 1.82) is 0 Å². The number of nitrogens with zero attached hydrogens (tertiary/aromatic N) is 2. The van der Waals surface area contributed by atoms with Crippen LogP contribution >= 0.6 is 0 Å². The zero-order chi connectivity index (χ0) is 17.3. The number of aliphatic hydroxyl groups excluding tert-OH is 1. The van der Waals surface area contributed by atoms with Crippen LogP contribution in [0, 0.1) is 11.3 Å². The molecule has 2 N–H and O–H groups in total. The number of piperidine rings is 3. The van der Waals surface area contributed by atoms with Crippen LogP contribution in [0.15, 0.2) is 0 Å². The van der Waals surface area contributed by atoms with Gasteiger partial charge in [-0.2, -0.15) is 0 Å². The number of aliphatic hydroxyl groups is 1. The van der Waals surface area contributed by atoms with Gasteiger partial charge in [0.1, 0.15) is 0 Å². The van der Waals surface area contributed by atoms with Crippen LogP contribution < -0.4 is 5.32 Å². The first-order valence-electron chi connectivity index (χ1n) is 9.43. The third-order valence-electron chi connectivity index (χ3n) is 6.24. The fourth-order valence-electron chi connectivity index (χ4n) is 4.55. The summed E-state index contributed by atoms with van der Waals surface area (Å²) in [6.45, 7) is 7.95. The van der Waals surface area contributed by atoms with E-state index in [1.807, 2.05) is 4.90 Å². The van der Waals surface area contributed by atoms with E-state index in [4.69, 9.17) is 0 Å². The Bertz CT molecular complexity index is 488. The van der Waals surface area contributed by atoms with Gasteiger partial charge < -0.3 is 20.2 Å². The smallest absolute Gasteiger partial charge is 0.230 e. The predicted octanol–water partition coefficient (Wildman–Crippen LogP) is 0.596. The molecule has 6 nitrogen and oxygen atoms in total. The molecule has 24 heavy (non-hydrogen) atoms. The number of hydrogen-bond donors (Lipinski definition) is 2. The highest BCUT2D eigenvalue weighted by Gasteiger charge is 2.51. The molecule has 0 aromatic carbocycles. The molecule has 2 amide bonds. The van der Waals surface area contributed by atoms with E-state index in [0.29, 0.717) is 38.5 Å². The van der Waals surface area contributed by atoms with E-state index in [-0.39, 0.29) is 17.7 Å². The maximum Gasteiger partial charge on any atom is 0.230 e. The molecular weight excluding hydrogens is 306 g/mol. The Morgan fingerprint density at radius 2 is 1.96 bits per heavy atom. The minimum atomic E-state index is -0.787. The van der Waals surface area contributed by atoms with Crippen molar-refractivity contribution < 1.29 is 14.7 Å². The maximum absolute atomic E-state index is 13.0. The second-order valence-electron chi connectivity index (χ2n) is 7.98. The van der Waals surface area contributed by atoms with Crippen LogP contribution in [0.25, 0.3) is 0 Å². The third kappa shape index (κ3) is 3.18. The SMILES string of the molecule is CC(C)N1CCC(C(=O)N2CC[C@H](O)[C@@]3(CCCNC3=O)C2)CC1. The van der Waals surface area contributed by atoms with Crippen LogP contribution in [-0.4, -0.2) is 71.6 Å². The molecule has 3 aliphatic heterocycles. The van der Waals surface area contributed by atoms with E-state index in [1.165, 1.54) is 0 Å². The molecule has 0 bridgehead atoms. The van der Waals surface area contributed by atoms with E-state index in [9.17, 15) is 14.7 Å². The Morgan fingerprint density at radius 3 is 2.58 bits per heavy atom. The average molecular weight is 337 g/mol. The van der Waals surface area contributed by atoms with E-state index in [1.54, 1.807) is 0 Å². The number of rotatable bonds is 2. The molecule has 0 aromatic heterocycles. The Hall–Kier alpha value is -1.14. The maximum atomic E-state index is 13.0. The average Bonchev–Trinajstić information content (AvgIpc) is 2.59. The van der Waals surface area contributed by atoms with Crippen LogP contribution in [-0.2, 0) is 9.59 Å². The van der Waals surface area contributed by atoms with E-state index < -0.39 is 11.5 Å². The number of likely N-dealkylation sites (tertiary alicyclic amines) is 2. The van der Waals surface area contributed by atoms with Gasteiger partial charge >= 0.3 is 0 Å². The van der Waals surface area contributed by atoms with Gasteiger partial charge in [0.05, 0.1) is 11.5 Å². The van der Waals surface area contributed by atoms with Gasteiger partial charge in [0.2, 0.25) is 11.8 Å². The fraction of sp³-hybridized carbons (Fsp3) is 0.889. The Kier molecular flexibility index (Phi) is 5.16. The van der Waals surface area contributed by atoms with Gasteiger partial charge in [-0.25, -0.2) is 0 Å². The molecule has 2 atom stereocenters. The number of hydrogen-bond acceptors (Lipinski definition) is 4. The quantitative estimate of drug-likeness (QED) is 0.774. The second-order valence-corrected chi connectivity index (χ2v) is 7.98. The molecule has 3 heterocycles. The van der Waals surface area contributed by atoms with Crippen molar-refractivity contribution in [1.82, 2.24) is 15.1 Å². The fourth-order valence-corrected chi connectivity index (χ4v) is 4.55. The largest absolute Gasteiger partial charge is 0.392 e. The Balaban J connectivity index is 1.65. The summed E-state index contributed by atoms with van der Waals surface area (Å²) < 4.78 is 0. The zero-order valence-corrected chi connectivity index (χ0v) is 15.0. The van der Waals surface area contributed by atoms with Crippen LogP contribution in [0.2, 0.25) is 0 Å².